The van der Waals surface area contributed by atoms with E-state index < -0.39 is 51.1 Å². The maximum absolute atomic E-state index is 12.6. The maximum Gasteiger partial charge on any atom is 0.472 e. The number of hydrogen-bond acceptors (Lipinski definition) is 9. The van der Waals surface area contributed by atoms with Crippen LogP contribution in [0.1, 0.15) is 155 Å². The van der Waals surface area contributed by atoms with Crippen molar-refractivity contribution in [2.24, 2.45) is 5.73 Å². The zero-order valence-electron chi connectivity index (χ0n) is 34.4. The Morgan fingerprint density at radius 2 is 0.964 bits per heavy atom. The van der Waals surface area contributed by atoms with Gasteiger partial charge in [-0.1, -0.05) is 132 Å². The number of esters is 2. The van der Waals surface area contributed by atoms with Gasteiger partial charge in [0, 0.05) is 12.8 Å². The summed E-state index contributed by atoms with van der Waals surface area (Å²) >= 11 is 0. The van der Waals surface area contributed by atoms with E-state index in [1.807, 2.05) is 12.2 Å². The van der Waals surface area contributed by atoms with Gasteiger partial charge in [0.2, 0.25) is 0 Å². The van der Waals surface area contributed by atoms with Gasteiger partial charge < -0.3 is 25.2 Å². The normalized spacial score (nSPS) is 14.5. The van der Waals surface area contributed by atoms with Crippen molar-refractivity contribution in [3.8, 4) is 0 Å². The first-order valence-corrected chi connectivity index (χ1v) is 22.5. The van der Waals surface area contributed by atoms with Gasteiger partial charge in [0.1, 0.15) is 12.6 Å². The third kappa shape index (κ3) is 37.8. The first-order valence-electron chi connectivity index (χ1n) is 21.0. The quantitative estimate of drug-likeness (QED) is 0.0235. The average molecular weight is 808 g/mol. The lowest BCUT2D eigenvalue weighted by molar-refractivity contribution is -0.161. The molecule has 11 nitrogen and oxygen atoms in total. The Hall–Kier alpha value is -3.08. The molecule has 4 N–H and O–H groups in total. The van der Waals surface area contributed by atoms with Crippen LogP contribution in [0.15, 0.2) is 72.9 Å². The molecule has 0 fully saturated rings. The Morgan fingerprint density at radius 3 is 1.46 bits per heavy atom. The maximum atomic E-state index is 12.6. The van der Waals surface area contributed by atoms with Crippen molar-refractivity contribution in [3.05, 3.63) is 72.9 Å². The summed E-state index contributed by atoms with van der Waals surface area (Å²) in [6, 6.07) is -1.53. The second-order valence-corrected chi connectivity index (χ2v) is 15.2. The summed E-state index contributed by atoms with van der Waals surface area (Å²) in [7, 11) is -4.74. The first kappa shape index (κ1) is 52.9. The van der Waals surface area contributed by atoms with Gasteiger partial charge in [-0.2, -0.15) is 0 Å². The van der Waals surface area contributed by atoms with Gasteiger partial charge in [-0.3, -0.25) is 23.4 Å². The molecule has 0 aliphatic rings. The fraction of sp³-hybridized carbons (Fsp3) is 0.659. The molecule has 0 aliphatic carbocycles. The van der Waals surface area contributed by atoms with Gasteiger partial charge in [-0.05, 0) is 83.5 Å². The lowest BCUT2D eigenvalue weighted by Gasteiger charge is -2.20. The number of carboxylic acids is 1. The highest BCUT2D eigenvalue weighted by molar-refractivity contribution is 7.47. The number of allylic oxidation sites excluding steroid dienone is 12. The van der Waals surface area contributed by atoms with Crippen LogP contribution in [0.25, 0.3) is 0 Å². The largest absolute Gasteiger partial charge is 0.480 e. The molecule has 320 valence electrons. The lowest BCUT2D eigenvalue weighted by atomic mass is 10.1. The predicted molar refractivity (Wildman–Crippen MR) is 226 cm³/mol. The number of ether oxygens (including phenoxy) is 2. The van der Waals surface area contributed by atoms with Crippen LogP contribution in [0.2, 0.25) is 0 Å². The Kier molecular flexibility index (Phi) is 36.6. The Balaban J connectivity index is 4.53. The van der Waals surface area contributed by atoms with Gasteiger partial charge in [-0.15, -0.1) is 0 Å². The smallest absolute Gasteiger partial charge is 0.472 e. The molecule has 12 heteroatoms. The molecular weight excluding hydrogens is 733 g/mol. The van der Waals surface area contributed by atoms with E-state index >= 15 is 0 Å². The number of aliphatic carboxylic acids is 1. The monoisotopic (exact) mass is 808 g/mol. The molecule has 56 heavy (non-hydrogen) atoms. The number of hydrogen-bond donors (Lipinski definition) is 3. The fourth-order valence-electron chi connectivity index (χ4n) is 5.09. The van der Waals surface area contributed by atoms with Crippen LogP contribution >= 0.6 is 7.82 Å². The van der Waals surface area contributed by atoms with Gasteiger partial charge in [0.25, 0.3) is 0 Å². The molecule has 0 aliphatic heterocycles. The zero-order valence-corrected chi connectivity index (χ0v) is 35.3. The van der Waals surface area contributed by atoms with Crippen LogP contribution in [-0.4, -0.2) is 59.9 Å². The molecule has 0 saturated heterocycles. The Bertz CT molecular complexity index is 1230. The summed E-state index contributed by atoms with van der Waals surface area (Å²) in [6.45, 7) is 2.66. The third-order valence-corrected chi connectivity index (χ3v) is 9.38. The molecule has 0 saturated carbocycles. The van der Waals surface area contributed by atoms with Crippen LogP contribution in [0.5, 0.6) is 0 Å². The number of nitrogens with two attached hydrogens (primary N) is 1. The highest BCUT2D eigenvalue weighted by Crippen LogP contribution is 2.43. The number of phosphoric acid groups is 1. The zero-order chi connectivity index (χ0) is 41.4. The number of carboxylic acid groups (broad SMARTS) is 1. The minimum absolute atomic E-state index is 0.0786. The molecule has 0 bridgehead atoms. The van der Waals surface area contributed by atoms with Crippen LogP contribution in [0.3, 0.4) is 0 Å². The van der Waals surface area contributed by atoms with E-state index in [-0.39, 0.29) is 19.4 Å². The molecule has 0 radical (unpaired) electrons. The minimum Gasteiger partial charge on any atom is -0.480 e. The van der Waals surface area contributed by atoms with E-state index in [0.717, 1.165) is 70.6 Å². The summed E-state index contributed by atoms with van der Waals surface area (Å²) in [6.07, 6.45) is 45.4. The van der Waals surface area contributed by atoms with Crippen molar-refractivity contribution in [1.82, 2.24) is 0 Å². The third-order valence-electron chi connectivity index (χ3n) is 8.43. The second kappa shape index (κ2) is 38.8. The van der Waals surface area contributed by atoms with E-state index in [9.17, 15) is 23.8 Å². The van der Waals surface area contributed by atoms with Crippen molar-refractivity contribution < 1.29 is 47.5 Å². The van der Waals surface area contributed by atoms with E-state index in [1.165, 1.54) is 38.5 Å². The summed E-state index contributed by atoms with van der Waals surface area (Å²) in [5.74, 6) is -2.48. The Labute approximate surface area is 338 Å². The standard InChI is InChI=1S/C44H74NO10P/c1-3-5-7-9-11-13-15-17-19-20-22-24-26-28-30-32-34-36-43(47)55-40(38-53-56(50,51)54-39-41(45)44(48)49)37-52-42(46)35-33-31-29-27-25-23-21-18-16-14-12-10-8-6-4-2/h11-14,17-19,21-22,24,28,30,40-41H,3-10,15-16,20,23,25-27,29,31-39,45H2,1-2H3,(H,48,49)(H,50,51)/b13-11+,14-12+,19-17+,21-18+,24-22+,30-28+/t40-,41+/m1/s1. The number of carbonyl (C=O) groups excluding carboxylic acids is 2. The lowest BCUT2D eigenvalue weighted by Crippen LogP contribution is -2.34. The van der Waals surface area contributed by atoms with Gasteiger partial charge >= 0.3 is 25.7 Å². The Morgan fingerprint density at radius 1 is 0.554 bits per heavy atom. The molecule has 0 aromatic carbocycles. The molecule has 0 heterocycles. The van der Waals surface area contributed by atoms with Gasteiger partial charge in [0.05, 0.1) is 13.2 Å². The summed E-state index contributed by atoms with van der Waals surface area (Å²) in [5, 5.41) is 8.88. The molecule has 0 rings (SSSR count). The number of unbranched alkanes of at least 4 members (excludes halogenated alkanes) is 12. The minimum atomic E-state index is -4.74. The van der Waals surface area contributed by atoms with E-state index in [0.29, 0.717) is 19.3 Å². The van der Waals surface area contributed by atoms with E-state index in [2.05, 4.69) is 79.1 Å². The van der Waals surface area contributed by atoms with Gasteiger partial charge in [-0.25, -0.2) is 4.57 Å². The molecule has 3 atom stereocenters. The summed E-state index contributed by atoms with van der Waals surface area (Å²) in [5.41, 5.74) is 5.32. The van der Waals surface area contributed by atoms with Gasteiger partial charge in [0.15, 0.2) is 6.10 Å². The van der Waals surface area contributed by atoms with Crippen molar-refractivity contribution >= 4 is 25.7 Å². The van der Waals surface area contributed by atoms with Crippen LogP contribution in [0.4, 0.5) is 0 Å². The van der Waals surface area contributed by atoms with E-state index in [4.69, 9.17) is 24.8 Å². The number of phosphoric ester groups is 1. The molecule has 1 unspecified atom stereocenters. The molecule has 0 aromatic heterocycles. The van der Waals surface area contributed by atoms with Crippen molar-refractivity contribution in [1.29, 1.82) is 0 Å². The molecule has 0 aromatic rings. The highest BCUT2D eigenvalue weighted by Gasteiger charge is 2.28. The molecule has 0 spiro atoms. The van der Waals surface area contributed by atoms with Crippen LogP contribution < -0.4 is 5.73 Å². The first-order chi connectivity index (χ1) is 27.1. The number of carbonyl (C=O) groups is 3. The average Bonchev–Trinajstić information content (AvgIpc) is 3.17. The van der Waals surface area contributed by atoms with Crippen molar-refractivity contribution in [2.45, 2.75) is 167 Å². The number of rotatable bonds is 38. The van der Waals surface area contributed by atoms with E-state index in [1.54, 1.807) is 0 Å². The van der Waals surface area contributed by atoms with Crippen LogP contribution in [0, 0.1) is 0 Å². The van der Waals surface area contributed by atoms with Crippen molar-refractivity contribution in [3.63, 3.8) is 0 Å². The molecule has 0 amide bonds. The SMILES string of the molecule is CCCCC/C=C/C/C=C/C/C=C/C/C=C/CCCC(=O)O[C@H](COC(=O)CCCCCCC/C=C/C/C=C/CCCCC)COP(=O)(O)OC[C@H](N)C(=O)O. The van der Waals surface area contributed by atoms with Crippen LogP contribution in [-0.2, 0) is 37.5 Å². The highest BCUT2D eigenvalue weighted by atomic mass is 31.2. The molecular formula is C44H74NO10P. The summed E-state index contributed by atoms with van der Waals surface area (Å²) < 4.78 is 32.6. The summed E-state index contributed by atoms with van der Waals surface area (Å²) in [4.78, 5) is 45.9. The van der Waals surface area contributed by atoms with Crippen molar-refractivity contribution in [2.75, 3.05) is 19.8 Å². The predicted octanol–water partition coefficient (Wildman–Crippen LogP) is 10.9. The fourth-order valence-corrected chi connectivity index (χ4v) is 5.86. The topological polar surface area (TPSA) is 172 Å². The second-order valence-electron chi connectivity index (χ2n) is 13.8.